The van der Waals surface area contributed by atoms with Crippen LogP contribution in [0.2, 0.25) is 0 Å². The van der Waals surface area contributed by atoms with Crippen molar-refractivity contribution in [2.24, 2.45) is 5.10 Å². The van der Waals surface area contributed by atoms with E-state index in [0.717, 1.165) is 12.1 Å². The third kappa shape index (κ3) is 3.03. The molecular formula is C13H10F2N2OS. The van der Waals surface area contributed by atoms with Gasteiger partial charge in [-0.15, -0.1) is 11.3 Å². The molecule has 3 nitrogen and oxygen atoms in total. The van der Waals surface area contributed by atoms with Gasteiger partial charge in [-0.1, -0.05) is 12.1 Å². The molecule has 98 valence electrons. The molecule has 0 aliphatic carbocycles. The van der Waals surface area contributed by atoms with Gasteiger partial charge in [0.05, 0.1) is 16.2 Å². The zero-order valence-corrected chi connectivity index (χ0v) is 10.8. The standard InChI is InChI=1S/C13H10F2N2OS/c1-8(12-9(14)4-2-5-10(12)15)16-17-13(18)11-6-3-7-19-11/h2-7H,1H3,(H,17,18)/b16-8-. The van der Waals surface area contributed by atoms with E-state index in [-0.39, 0.29) is 11.3 Å². The van der Waals surface area contributed by atoms with E-state index in [1.165, 1.54) is 24.3 Å². The van der Waals surface area contributed by atoms with Gasteiger partial charge in [-0.2, -0.15) is 5.10 Å². The minimum Gasteiger partial charge on any atom is -0.266 e. The number of amides is 1. The first-order valence-corrected chi connectivity index (χ1v) is 6.30. The summed E-state index contributed by atoms with van der Waals surface area (Å²) in [4.78, 5) is 12.1. The zero-order valence-electron chi connectivity index (χ0n) is 9.98. The lowest BCUT2D eigenvalue weighted by molar-refractivity contribution is 0.0959. The van der Waals surface area contributed by atoms with E-state index in [0.29, 0.717) is 4.88 Å². The second kappa shape index (κ2) is 5.71. The lowest BCUT2D eigenvalue weighted by atomic mass is 10.1. The number of carbonyl (C=O) groups excluding carboxylic acids is 1. The van der Waals surface area contributed by atoms with Crippen molar-refractivity contribution in [1.82, 2.24) is 5.43 Å². The molecule has 0 aliphatic rings. The Morgan fingerprint density at radius 1 is 1.21 bits per heavy atom. The quantitative estimate of drug-likeness (QED) is 0.681. The third-order valence-corrected chi connectivity index (χ3v) is 3.26. The van der Waals surface area contributed by atoms with Gasteiger partial charge in [0.15, 0.2) is 0 Å². The maximum Gasteiger partial charge on any atom is 0.281 e. The fourth-order valence-electron chi connectivity index (χ4n) is 1.50. The number of nitrogens with one attached hydrogen (secondary N) is 1. The largest absolute Gasteiger partial charge is 0.281 e. The molecule has 0 spiro atoms. The van der Waals surface area contributed by atoms with Crippen LogP contribution in [0, 0.1) is 11.6 Å². The number of hydrazone groups is 1. The summed E-state index contributed by atoms with van der Waals surface area (Å²) in [5.74, 6) is -1.84. The maximum atomic E-state index is 13.5. The number of halogens is 2. The van der Waals surface area contributed by atoms with E-state index < -0.39 is 17.5 Å². The van der Waals surface area contributed by atoms with Crippen molar-refractivity contribution in [3.63, 3.8) is 0 Å². The molecule has 1 aromatic carbocycles. The van der Waals surface area contributed by atoms with Crippen LogP contribution in [-0.2, 0) is 0 Å². The van der Waals surface area contributed by atoms with Gasteiger partial charge in [-0.25, -0.2) is 14.2 Å². The molecule has 6 heteroatoms. The molecule has 0 saturated carbocycles. The minimum atomic E-state index is -0.716. The Morgan fingerprint density at radius 2 is 1.89 bits per heavy atom. The van der Waals surface area contributed by atoms with Crippen LogP contribution in [0.4, 0.5) is 8.78 Å². The predicted octanol–water partition coefficient (Wildman–Crippen LogP) is 3.18. The van der Waals surface area contributed by atoms with E-state index >= 15 is 0 Å². The van der Waals surface area contributed by atoms with Gasteiger partial charge in [-0.3, -0.25) is 4.79 Å². The predicted molar refractivity (Wildman–Crippen MR) is 70.4 cm³/mol. The van der Waals surface area contributed by atoms with Crippen LogP contribution in [0.3, 0.4) is 0 Å². The molecule has 0 bridgehead atoms. The normalized spacial score (nSPS) is 11.4. The molecule has 0 unspecified atom stereocenters. The highest BCUT2D eigenvalue weighted by Gasteiger charge is 2.12. The summed E-state index contributed by atoms with van der Waals surface area (Å²) in [6.07, 6.45) is 0. The van der Waals surface area contributed by atoms with Crippen molar-refractivity contribution in [2.45, 2.75) is 6.92 Å². The first kappa shape index (κ1) is 13.4. The van der Waals surface area contributed by atoms with E-state index in [1.54, 1.807) is 17.5 Å². The summed E-state index contributed by atoms with van der Waals surface area (Å²) in [5, 5.41) is 5.47. The van der Waals surface area contributed by atoms with E-state index in [1.807, 2.05) is 0 Å². The highest BCUT2D eigenvalue weighted by Crippen LogP contribution is 2.13. The number of benzene rings is 1. The van der Waals surface area contributed by atoms with E-state index in [4.69, 9.17) is 0 Å². The smallest absolute Gasteiger partial charge is 0.266 e. The summed E-state index contributed by atoms with van der Waals surface area (Å²) >= 11 is 1.26. The Morgan fingerprint density at radius 3 is 2.47 bits per heavy atom. The lowest BCUT2D eigenvalue weighted by Crippen LogP contribution is -2.19. The van der Waals surface area contributed by atoms with Crippen LogP contribution in [0.15, 0.2) is 40.8 Å². The van der Waals surface area contributed by atoms with Crippen LogP contribution in [-0.4, -0.2) is 11.6 Å². The topological polar surface area (TPSA) is 41.5 Å². The second-order valence-electron chi connectivity index (χ2n) is 3.71. The molecule has 1 heterocycles. The average molecular weight is 280 g/mol. The number of nitrogens with zero attached hydrogens (tertiary/aromatic N) is 1. The molecule has 1 N–H and O–H groups in total. The van der Waals surface area contributed by atoms with Gasteiger partial charge in [0.1, 0.15) is 11.6 Å². The fourth-order valence-corrected chi connectivity index (χ4v) is 2.11. The van der Waals surface area contributed by atoms with Crippen LogP contribution < -0.4 is 5.43 Å². The number of rotatable bonds is 3. The Hall–Kier alpha value is -2.08. The molecule has 0 atom stereocenters. The van der Waals surface area contributed by atoms with Crippen LogP contribution in [0.25, 0.3) is 0 Å². The van der Waals surface area contributed by atoms with Crippen molar-refractivity contribution in [1.29, 1.82) is 0 Å². The summed E-state index contributed by atoms with van der Waals surface area (Å²) in [6.45, 7) is 1.43. The molecule has 19 heavy (non-hydrogen) atoms. The molecule has 2 rings (SSSR count). The third-order valence-electron chi connectivity index (χ3n) is 2.39. The number of carbonyl (C=O) groups is 1. The number of hydrogen-bond donors (Lipinski definition) is 1. The molecule has 1 aromatic heterocycles. The zero-order chi connectivity index (χ0) is 13.8. The van der Waals surface area contributed by atoms with Crippen molar-refractivity contribution in [3.8, 4) is 0 Å². The first-order chi connectivity index (χ1) is 9.09. The number of thiophene rings is 1. The summed E-state index contributed by atoms with van der Waals surface area (Å²) < 4.78 is 26.9. The van der Waals surface area contributed by atoms with Crippen LogP contribution in [0.5, 0.6) is 0 Å². The Bertz CT molecular complexity index is 603. The molecule has 0 radical (unpaired) electrons. The Labute approximate surface area is 112 Å². The molecule has 2 aromatic rings. The Kier molecular flexibility index (Phi) is 4.01. The SMILES string of the molecule is C/C(=N/NC(=O)c1cccs1)c1c(F)cccc1F. The first-order valence-electron chi connectivity index (χ1n) is 5.42. The van der Waals surface area contributed by atoms with E-state index in [9.17, 15) is 13.6 Å². The van der Waals surface area contributed by atoms with Crippen molar-refractivity contribution >= 4 is 23.0 Å². The minimum absolute atomic E-state index is 0.0699. The number of hydrogen-bond acceptors (Lipinski definition) is 3. The molecule has 0 fully saturated rings. The lowest BCUT2D eigenvalue weighted by Gasteiger charge is -2.04. The van der Waals surface area contributed by atoms with Gasteiger partial charge in [0.2, 0.25) is 0 Å². The molecular weight excluding hydrogens is 270 g/mol. The van der Waals surface area contributed by atoms with Crippen molar-refractivity contribution in [2.75, 3.05) is 0 Å². The average Bonchev–Trinajstić information content (AvgIpc) is 2.89. The van der Waals surface area contributed by atoms with Crippen LogP contribution in [0.1, 0.15) is 22.2 Å². The molecule has 0 aliphatic heterocycles. The fraction of sp³-hybridized carbons (Fsp3) is 0.0769. The second-order valence-corrected chi connectivity index (χ2v) is 4.66. The summed E-state index contributed by atoms with van der Waals surface area (Å²) in [5.41, 5.74) is 2.09. The molecule has 0 saturated heterocycles. The van der Waals surface area contributed by atoms with Crippen molar-refractivity contribution in [3.05, 3.63) is 57.8 Å². The van der Waals surface area contributed by atoms with E-state index in [2.05, 4.69) is 10.5 Å². The van der Waals surface area contributed by atoms with Crippen LogP contribution >= 0.6 is 11.3 Å². The highest BCUT2D eigenvalue weighted by molar-refractivity contribution is 7.12. The van der Waals surface area contributed by atoms with Gasteiger partial charge in [0.25, 0.3) is 5.91 Å². The highest BCUT2D eigenvalue weighted by atomic mass is 32.1. The summed E-state index contributed by atoms with van der Waals surface area (Å²) in [7, 11) is 0. The Balaban J connectivity index is 2.18. The van der Waals surface area contributed by atoms with Gasteiger partial charge in [-0.05, 0) is 30.5 Å². The molecule has 1 amide bonds. The summed E-state index contributed by atoms with van der Waals surface area (Å²) in [6, 6.07) is 6.91. The van der Waals surface area contributed by atoms with Gasteiger partial charge < -0.3 is 0 Å². The van der Waals surface area contributed by atoms with Crippen molar-refractivity contribution < 1.29 is 13.6 Å². The monoisotopic (exact) mass is 280 g/mol. The van der Waals surface area contributed by atoms with Gasteiger partial charge >= 0.3 is 0 Å². The van der Waals surface area contributed by atoms with Gasteiger partial charge in [0, 0.05) is 0 Å². The maximum absolute atomic E-state index is 13.5.